The zero-order valence-electron chi connectivity index (χ0n) is 16.7. The van der Waals surface area contributed by atoms with Crippen LogP contribution in [0.5, 0.6) is 0 Å². The average Bonchev–Trinajstić information content (AvgIpc) is 2.74. The molecule has 0 saturated heterocycles. The first-order chi connectivity index (χ1) is 14.0. The van der Waals surface area contributed by atoms with Gasteiger partial charge in [-0.05, 0) is 47.7 Å². The molecule has 0 aliphatic carbocycles. The van der Waals surface area contributed by atoms with E-state index in [4.69, 9.17) is 0 Å². The molecule has 0 spiro atoms. The zero-order valence-corrected chi connectivity index (χ0v) is 16.7. The van der Waals surface area contributed by atoms with E-state index in [-0.39, 0.29) is 18.4 Å². The lowest BCUT2D eigenvalue weighted by atomic mass is 9.96. The van der Waals surface area contributed by atoms with Crippen molar-refractivity contribution in [2.75, 3.05) is 33.2 Å². The van der Waals surface area contributed by atoms with Crippen molar-refractivity contribution in [2.45, 2.75) is 25.5 Å². The number of aliphatic hydroxyl groups is 1. The van der Waals surface area contributed by atoms with E-state index in [0.29, 0.717) is 24.2 Å². The number of rotatable bonds is 5. The molecule has 2 aromatic rings. The van der Waals surface area contributed by atoms with E-state index in [2.05, 4.69) is 28.4 Å². The second-order valence-electron chi connectivity index (χ2n) is 7.97. The molecule has 2 aliphatic rings. The lowest BCUT2D eigenvalue weighted by molar-refractivity contribution is 0.0779. The third-order valence-electron chi connectivity index (χ3n) is 5.84. The summed E-state index contributed by atoms with van der Waals surface area (Å²) < 4.78 is 0. The minimum Gasteiger partial charge on any atom is -0.390 e. The number of hydrogen-bond acceptors (Lipinski definition) is 4. The maximum absolute atomic E-state index is 12.5. The van der Waals surface area contributed by atoms with E-state index in [1.165, 1.54) is 11.1 Å². The summed E-state index contributed by atoms with van der Waals surface area (Å²) >= 11 is 0. The van der Waals surface area contributed by atoms with Crippen molar-refractivity contribution in [1.82, 2.24) is 15.1 Å². The topological polar surface area (TPSA) is 72.9 Å². The van der Waals surface area contributed by atoms with Gasteiger partial charge in [-0.25, -0.2) is 0 Å². The Morgan fingerprint density at radius 2 is 1.86 bits per heavy atom. The van der Waals surface area contributed by atoms with Crippen LogP contribution >= 0.6 is 0 Å². The first-order valence-electron chi connectivity index (χ1n) is 10.1. The molecule has 2 amide bonds. The first kappa shape index (κ1) is 19.6. The van der Waals surface area contributed by atoms with Crippen molar-refractivity contribution in [3.05, 3.63) is 70.3 Å². The number of likely N-dealkylation sites (N-methyl/N-ethyl adjacent to an activating group) is 1. The number of benzene rings is 2. The molecular formula is C23H27N3O3. The smallest absolute Gasteiger partial charge is 0.253 e. The molecule has 0 aromatic heterocycles. The fourth-order valence-electron chi connectivity index (χ4n) is 4.13. The number of hydrogen-bond donors (Lipinski definition) is 2. The molecule has 2 aromatic carbocycles. The van der Waals surface area contributed by atoms with E-state index in [0.717, 1.165) is 31.5 Å². The summed E-state index contributed by atoms with van der Waals surface area (Å²) in [6, 6.07) is 13.6. The maximum atomic E-state index is 12.5. The zero-order chi connectivity index (χ0) is 20.4. The van der Waals surface area contributed by atoms with Crippen LogP contribution in [0, 0.1) is 0 Å². The Morgan fingerprint density at radius 3 is 2.69 bits per heavy atom. The highest BCUT2D eigenvalue weighted by Gasteiger charge is 2.23. The first-order valence-corrected chi connectivity index (χ1v) is 10.1. The van der Waals surface area contributed by atoms with Gasteiger partial charge in [-0.1, -0.05) is 24.3 Å². The third-order valence-corrected chi connectivity index (χ3v) is 5.84. The number of nitrogens with zero attached hydrogens (tertiary/aromatic N) is 2. The Balaban J connectivity index is 1.30. The van der Waals surface area contributed by atoms with Gasteiger partial charge >= 0.3 is 0 Å². The highest BCUT2D eigenvalue weighted by atomic mass is 16.3. The summed E-state index contributed by atoms with van der Waals surface area (Å²) in [5.74, 6) is -0.223. The van der Waals surface area contributed by atoms with Crippen molar-refractivity contribution in [1.29, 1.82) is 0 Å². The molecular weight excluding hydrogens is 366 g/mol. The number of carbonyl (C=O) groups excluding carboxylic acids is 2. The van der Waals surface area contributed by atoms with E-state index in [1.807, 2.05) is 6.07 Å². The maximum Gasteiger partial charge on any atom is 0.253 e. The van der Waals surface area contributed by atoms with Gasteiger partial charge < -0.3 is 15.3 Å². The average molecular weight is 393 g/mol. The Morgan fingerprint density at radius 1 is 1.10 bits per heavy atom. The van der Waals surface area contributed by atoms with Crippen molar-refractivity contribution in [2.24, 2.45) is 0 Å². The van der Waals surface area contributed by atoms with Gasteiger partial charge in [-0.2, -0.15) is 0 Å². The van der Waals surface area contributed by atoms with E-state index in [9.17, 15) is 14.7 Å². The molecule has 0 fully saturated rings. The van der Waals surface area contributed by atoms with Gasteiger partial charge in [0.25, 0.3) is 11.8 Å². The molecule has 0 radical (unpaired) electrons. The normalized spacial score (nSPS) is 17.4. The monoisotopic (exact) mass is 393 g/mol. The fourth-order valence-corrected chi connectivity index (χ4v) is 4.13. The Hall–Kier alpha value is -2.70. The van der Waals surface area contributed by atoms with E-state index >= 15 is 0 Å². The Labute approximate surface area is 171 Å². The molecule has 29 heavy (non-hydrogen) atoms. The van der Waals surface area contributed by atoms with Crippen LogP contribution in [0.25, 0.3) is 0 Å². The summed E-state index contributed by atoms with van der Waals surface area (Å²) in [5, 5.41) is 13.2. The molecule has 0 saturated carbocycles. The summed E-state index contributed by atoms with van der Waals surface area (Å²) in [4.78, 5) is 28.6. The molecule has 0 unspecified atom stereocenters. The standard InChI is InChI=1S/C23H27N3O3/c1-25-10-8-17-12-18(6-7-21(17)23(25)29)22(28)24-13-20(27)15-26-11-9-16-4-2-3-5-19(16)14-26/h2-7,12,20,27H,8-11,13-15H2,1H3,(H,24,28)/t20-/m0/s1. The van der Waals surface area contributed by atoms with Crippen LogP contribution in [0.4, 0.5) is 0 Å². The van der Waals surface area contributed by atoms with Crippen LogP contribution in [0.3, 0.4) is 0 Å². The van der Waals surface area contributed by atoms with Gasteiger partial charge in [0, 0.05) is 50.9 Å². The van der Waals surface area contributed by atoms with Crippen molar-refractivity contribution in [3.8, 4) is 0 Å². The molecule has 4 rings (SSSR count). The van der Waals surface area contributed by atoms with E-state index < -0.39 is 6.10 Å². The van der Waals surface area contributed by atoms with Gasteiger partial charge in [-0.3, -0.25) is 14.5 Å². The summed E-state index contributed by atoms with van der Waals surface area (Å²) in [6.07, 6.45) is 1.10. The summed E-state index contributed by atoms with van der Waals surface area (Å²) in [7, 11) is 1.79. The van der Waals surface area contributed by atoms with Gasteiger partial charge in [0.05, 0.1) is 6.10 Å². The number of aliphatic hydroxyl groups excluding tert-OH is 1. The molecule has 0 bridgehead atoms. The third kappa shape index (κ3) is 4.33. The van der Waals surface area contributed by atoms with E-state index in [1.54, 1.807) is 30.1 Å². The summed E-state index contributed by atoms with van der Waals surface area (Å²) in [6.45, 7) is 3.13. The minimum atomic E-state index is -0.628. The SMILES string of the molecule is CN1CCc2cc(C(=O)NC[C@H](O)CN3CCc4ccccc4C3)ccc2C1=O. The highest BCUT2D eigenvalue weighted by molar-refractivity contribution is 5.99. The largest absolute Gasteiger partial charge is 0.390 e. The second kappa shape index (κ2) is 8.35. The van der Waals surface area contributed by atoms with Gasteiger partial charge in [0.15, 0.2) is 0 Å². The lowest BCUT2D eigenvalue weighted by Gasteiger charge is -2.30. The Bertz CT molecular complexity index is 927. The van der Waals surface area contributed by atoms with Gasteiger partial charge in [-0.15, -0.1) is 0 Å². The van der Waals surface area contributed by atoms with Crippen LogP contribution in [0.2, 0.25) is 0 Å². The predicted molar refractivity (Wildman–Crippen MR) is 111 cm³/mol. The predicted octanol–water partition coefficient (Wildman–Crippen LogP) is 1.46. The number of β-amino-alcohol motifs (C(OH)–C–C–N with tert-alkyl or cyclic N) is 1. The number of nitrogens with one attached hydrogen (secondary N) is 1. The van der Waals surface area contributed by atoms with Crippen LogP contribution in [-0.4, -0.2) is 66.1 Å². The molecule has 6 heteroatoms. The minimum absolute atomic E-state index is 0.00302. The van der Waals surface area contributed by atoms with Crippen molar-refractivity contribution in [3.63, 3.8) is 0 Å². The molecule has 6 nitrogen and oxygen atoms in total. The van der Waals surface area contributed by atoms with Gasteiger partial charge in [0.2, 0.25) is 0 Å². The Kier molecular flexibility index (Phi) is 5.65. The fraction of sp³-hybridized carbons (Fsp3) is 0.391. The van der Waals surface area contributed by atoms with Gasteiger partial charge in [0.1, 0.15) is 0 Å². The lowest BCUT2D eigenvalue weighted by Crippen LogP contribution is -2.42. The molecule has 152 valence electrons. The van der Waals surface area contributed by atoms with Crippen LogP contribution in [-0.2, 0) is 19.4 Å². The number of amides is 2. The molecule has 2 heterocycles. The summed E-state index contributed by atoms with van der Waals surface area (Å²) in [5.41, 5.74) is 4.79. The number of carbonyl (C=O) groups is 2. The van der Waals surface area contributed by atoms with Crippen molar-refractivity contribution >= 4 is 11.8 Å². The quantitative estimate of drug-likeness (QED) is 0.807. The number of fused-ring (bicyclic) bond motifs is 2. The highest BCUT2D eigenvalue weighted by Crippen LogP contribution is 2.20. The van der Waals surface area contributed by atoms with Crippen LogP contribution in [0.15, 0.2) is 42.5 Å². The van der Waals surface area contributed by atoms with Crippen molar-refractivity contribution < 1.29 is 14.7 Å². The van der Waals surface area contributed by atoms with Crippen LogP contribution in [0.1, 0.15) is 37.4 Å². The molecule has 2 aliphatic heterocycles. The second-order valence-corrected chi connectivity index (χ2v) is 7.97. The van der Waals surface area contributed by atoms with Crippen LogP contribution < -0.4 is 5.32 Å². The molecule has 2 N–H and O–H groups in total. The molecule has 1 atom stereocenters.